The van der Waals surface area contributed by atoms with Gasteiger partial charge in [0.05, 0.1) is 12.1 Å². The van der Waals surface area contributed by atoms with Crippen molar-refractivity contribution in [1.82, 2.24) is 0 Å². The minimum atomic E-state index is -0.493. The van der Waals surface area contributed by atoms with Gasteiger partial charge < -0.3 is 10.8 Å². The van der Waals surface area contributed by atoms with Crippen molar-refractivity contribution in [3.05, 3.63) is 35.4 Å². The lowest BCUT2D eigenvalue weighted by Crippen LogP contribution is -2.23. The van der Waals surface area contributed by atoms with Crippen LogP contribution in [0.1, 0.15) is 31.0 Å². The summed E-state index contributed by atoms with van der Waals surface area (Å²) in [6, 6.07) is 7.79. The molecular weight excluding hydrogens is 162 g/mol. The number of aryl methyl sites for hydroxylation is 1. The second-order valence-corrected chi connectivity index (χ2v) is 3.36. The summed E-state index contributed by atoms with van der Waals surface area (Å²) in [4.78, 5) is 0. The second-order valence-electron chi connectivity index (χ2n) is 3.36. The molecular formula is C11H17NO. The van der Waals surface area contributed by atoms with E-state index in [2.05, 4.69) is 19.1 Å². The fourth-order valence-corrected chi connectivity index (χ4v) is 1.30. The molecule has 0 spiro atoms. The molecule has 0 aliphatic rings. The Morgan fingerprint density at radius 3 is 2.69 bits per heavy atom. The van der Waals surface area contributed by atoms with Crippen molar-refractivity contribution in [2.75, 3.05) is 0 Å². The zero-order valence-corrected chi connectivity index (χ0v) is 8.20. The molecule has 2 nitrogen and oxygen atoms in total. The molecule has 1 aromatic carbocycles. The van der Waals surface area contributed by atoms with Crippen LogP contribution in [-0.4, -0.2) is 11.2 Å². The molecule has 0 amide bonds. The fraction of sp³-hybridized carbons (Fsp3) is 0.455. The third-order valence-electron chi connectivity index (χ3n) is 2.26. The number of hydrogen-bond acceptors (Lipinski definition) is 2. The quantitative estimate of drug-likeness (QED) is 0.740. The zero-order valence-electron chi connectivity index (χ0n) is 8.20. The zero-order chi connectivity index (χ0) is 9.84. The van der Waals surface area contributed by atoms with Crippen LogP contribution in [0.5, 0.6) is 0 Å². The highest BCUT2D eigenvalue weighted by atomic mass is 16.3. The summed E-state index contributed by atoms with van der Waals surface area (Å²) in [5.74, 6) is 0. The molecule has 1 rings (SSSR count). The summed E-state index contributed by atoms with van der Waals surface area (Å²) in [7, 11) is 0. The summed E-state index contributed by atoms with van der Waals surface area (Å²) in [5.41, 5.74) is 8.08. The Balaban J connectivity index is 2.88. The Morgan fingerprint density at radius 1 is 1.46 bits per heavy atom. The molecule has 0 heterocycles. The van der Waals surface area contributed by atoms with Gasteiger partial charge in [0.1, 0.15) is 0 Å². The number of aliphatic hydroxyl groups excluding tert-OH is 1. The van der Waals surface area contributed by atoms with Crippen molar-refractivity contribution in [3.63, 3.8) is 0 Å². The molecule has 0 saturated heterocycles. The van der Waals surface area contributed by atoms with Gasteiger partial charge in [0.15, 0.2) is 0 Å². The summed E-state index contributed by atoms with van der Waals surface area (Å²) in [6.07, 6.45) is 0.507. The van der Waals surface area contributed by atoms with Crippen molar-refractivity contribution >= 4 is 0 Å². The lowest BCUT2D eigenvalue weighted by molar-refractivity contribution is 0.164. The van der Waals surface area contributed by atoms with Crippen molar-refractivity contribution in [2.45, 2.75) is 32.4 Å². The molecule has 1 unspecified atom stereocenters. The molecule has 0 bridgehead atoms. The Morgan fingerprint density at radius 2 is 2.15 bits per heavy atom. The van der Waals surface area contributed by atoms with Crippen molar-refractivity contribution < 1.29 is 5.11 Å². The maximum Gasteiger partial charge on any atom is 0.0704 e. The normalized spacial score (nSPS) is 15.4. The topological polar surface area (TPSA) is 46.2 Å². The van der Waals surface area contributed by atoms with E-state index >= 15 is 0 Å². The van der Waals surface area contributed by atoms with Gasteiger partial charge in [-0.1, -0.05) is 31.2 Å². The van der Waals surface area contributed by atoms with Crippen LogP contribution in [0.3, 0.4) is 0 Å². The Kier molecular flexibility index (Phi) is 3.46. The monoisotopic (exact) mass is 179 g/mol. The molecule has 0 saturated carbocycles. The van der Waals surface area contributed by atoms with Crippen LogP contribution in [0.2, 0.25) is 0 Å². The second kappa shape index (κ2) is 4.40. The highest BCUT2D eigenvalue weighted by Crippen LogP contribution is 2.15. The smallest absolute Gasteiger partial charge is 0.0704 e. The molecule has 0 aliphatic carbocycles. The van der Waals surface area contributed by atoms with Crippen molar-refractivity contribution in [3.8, 4) is 0 Å². The highest BCUT2D eigenvalue weighted by molar-refractivity contribution is 5.26. The minimum absolute atomic E-state index is 0.272. The van der Waals surface area contributed by atoms with E-state index in [1.807, 2.05) is 12.1 Å². The van der Waals surface area contributed by atoms with E-state index in [0.29, 0.717) is 0 Å². The number of benzene rings is 1. The van der Waals surface area contributed by atoms with E-state index in [-0.39, 0.29) is 6.04 Å². The minimum Gasteiger partial charge on any atom is -0.391 e. The maximum atomic E-state index is 9.31. The maximum absolute atomic E-state index is 9.31. The molecule has 0 aliphatic heterocycles. The third kappa shape index (κ3) is 2.54. The molecule has 2 atom stereocenters. The highest BCUT2D eigenvalue weighted by Gasteiger charge is 2.11. The van der Waals surface area contributed by atoms with Crippen molar-refractivity contribution in [2.24, 2.45) is 5.73 Å². The van der Waals surface area contributed by atoms with Crippen LogP contribution in [-0.2, 0) is 6.42 Å². The van der Waals surface area contributed by atoms with Crippen LogP contribution in [0, 0.1) is 0 Å². The Hall–Kier alpha value is -0.860. The molecule has 1 aromatic rings. The van der Waals surface area contributed by atoms with E-state index in [9.17, 15) is 5.11 Å². The molecule has 72 valence electrons. The average Bonchev–Trinajstić information content (AvgIpc) is 2.16. The first-order chi connectivity index (χ1) is 6.15. The van der Waals surface area contributed by atoms with Crippen LogP contribution in [0.25, 0.3) is 0 Å². The third-order valence-corrected chi connectivity index (χ3v) is 2.26. The van der Waals surface area contributed by atoms with Gasteiger partial charge in [-0.3, -0.25) is 0 Å². The van der Waals surface area contributed by atoms with Gasteiger partial charge in [0.2, 0.25) is 0 Å². The van der Waals surface area contributed by atoms with E-state index in [4.69, 9.17) is 5.73 Å². The SMILES string of the molecule is CCc1cccc([C@H](N)C(C)O)c1. The van der Waals surface area contributed by atoms with Crippen LogP contribution < -0.4 is 5.73 Å². The van der Waals surface area contributed by atoms with E-state index in [1.165, 1.54) is 5.56 Å². The molecule has 0 radical (unpaired) electrons. The van der Waals surface area contributed by atoms with Crippen LogP contribution in [0.4, 0.5) is 0 Å². The summed E-state index contributed by atoms with van der Waals surface area (Å²) < 4.78 is 0. The lowest BCUT2D eigenvalue weighted by Gasteiger charge is -2.15. The van der Waals surface area contributed by atoms with E-state index < -0.39 is 6.10 Å². The van der Waals surface area contributed by atoms with Gasteiger partial charge in [-0.15, -0.1) is 0 Å². The number of hydrogen-bond donors (Lipinski definition) is 2. The van der Waals surface area contributed by atoms with E-state index in [0.717, 1.165) is 12.0 Å². The van der Waals surface area contributed by atoms with Crippen LogP contribution in [0.15, 0.2) is 24.3 Å². The van der Waals surface area contributed by atoms with Gasteiger partial charge in [0, 0.05) is 0 Å². The Labute approximate surface area is 79.4 Å². The van der Waals surface area contributed by atoms with Gasteiger partial charge in [0.25, 0.3) is 0 Å². The number of nitrogens with two attached hydrogens (primary N) is 1. The lowest BCUT2D eigenvalue weighted by atomic mass is 10.0. The number of aliphatic hydroxyl groups is 1. The molecule has 3 N–H and O–H groups in total. The van der Waals surface area contributed by atoms with Crippen molar-refractivity contribution in [1.29, 1.82) is 0 Å². The molecule has 0 aromatic heterocycles. The summed E-state index contributed by atoms with van der Waals surface area (Å²) in [6.45, 7) is 3.82. The van der Waals surface area contributed by atoms with Gasteiger partial charge >= 0.3 is 0 Å². The average molecular weight is 179 g/mol. The molecule has 0 fully saturated rings. The van der Waals surface area contributed by atoms with Crippen LogP contribution >= 0.6 is 0 Å². The molecule has 2 heteroatoms. The standard InChI is InChI=1S/C11H17NO/c1-3-9-5-4-6-10(7-9)11(12)8(2)13/h4-8,11,13H,3,12H2,1-2H3/t8?,11-/m1/s1. The van der Waals surface area contributed by atoms with Gasteiger partial charge in [-0.25, -0.2) is 0 Å². The molecule has 13 heavy (non-hydrogen) atoms. The van der Waals surface area contributed by atoms with Gasteiger partial charge in [-0.05, 0) is 24.5 Å². The summed E-state index contributed by atoms with van der Waals surface area (Å²) >= 11 is 0. The first-order valence-electron chi connectivity index (χ1n) is 4.67. The fourth-order valence-electron chi connectivity index (χ4n) is 1.30. The first kappa shape index (κ1) is 10.2. The van der Waals surface area contributed by atoms with Gasteiger partial charge in [-0.2, -0.15) is 0 Å². The largest absolute Gasteiger partial charge is 0.391 e. The number of rotatable bonds is 3. The Bertz CT molecular complexity index is 271. The van der Waals surface area contributed by atoms with E-state index in [1.54, 1.807) is 6.92 Å². The predicted octanol–water partition coefficient (Wildman–Crippen LogP) is 1.63. The first-order valence-corrected chi connectivity index (χ1v) is 4.67. The predicted molar refractivity (Wildman–Crippen MR) is 54.4 cm³/mol. The summed E-state index contributed by atoms with van der Waals surface area (Å²) in [5, 5.41) is 9.31.